The number of carbonyl (C=O) groups is 1. The van der Waals surface area contributed by atoms with Crippen molar-refractivity contribution in [2.45, 2.75) is 12.8 Å². The lowest BCUT2D eigenvalue weighted by Crippen LogP contribution is -2.36. The van der Waals surface area contributed by atoms with Gasteiger partial charge in [-0.3, -0.25) is 4.79 Å². The van der Waals surface area contributed by atoms with Crippen molar-refractivity contribution in [3.63, 3.8) is 0 Å². The molecule has 0 spiro atoms. The van der Waals surface area contributed by atoms with Crippen LogP contribution in [-0.2, 0) is 6.42 Å². The molecule has 0 unspecified atom stereocenters. The summed E-state index contributed by atoms with van der Waals surface area (Å²) in [6.45, 7) is 0.692. The fourth-order valence-corrected chi connectivity index (χ4v) is 2.79. The Morgan fingerprint density at radius 3 is 2.90 bits per heavy atom. The molecule has 1 aliphatic rings. The van der Waals surface area contributed by atoms with E-state index in [2.05, 4.69) is 16.4 Å². The zero-order valence-electron chi connectivity index (χ0n) is 11.8. The summed E-state index contributed by atoms with van der Waals surface area (Å²) in [7, 11) is 1.76. The number of pyridine rings is 1. The Bertz CT molecular complexity index is 687. The van der Waals surface area contributed by atoms with Gasteiger partial charge in [0.05, 0.1) is 5.02 Å². The summed E-state index contributed by atoms with van der Waals surface area (Å²) in [4.78, 5) is 18.9. The van der Waals surface area contributed by atoms with Crippen molar-refractivity contribution in [2.75, 3.05) is 23.8 Å². The van der Waals surface area contributed by atoms with Crippen LogP contribution in [0.4, 0.5) is 11.5 Å². The van der Waals surface area contributed by atoms with Gasteiger partial charge in [-0.05, 0) is 36.6 Å². The smallest absolute Gasteiger partial charge is 0.278 e. The van der Waals surface area contributed by atoms with Gasteiger partial charge in [0.25, 0.3) is 5.91 Å². The number of aryl methyl sites for hydroxylation is 1. The van der Waals surface area contributed by atoms with Gasteiger partial charge in [0, 0.05) is 19.3 Å². The number of nitrogens with zero attached hydrogens (tertiary/aromatic N) is 2. The first kappa shape index (κ1) is 13.9. The first-order valence-electron chi connectivity index (χ1n) is 6.95. The van der Waals surface area contributed by atoms with Gasteiger partial charge in [-0.1, -0.05) is 29.8 Å². The number of anilines is 2. The number of carbonyl (C=O) groups excluding carboxylic acids is 1. The van der Waals surface area contributed by atoms with Gasteiger partial charge >= 0.3 is 0 Å². The predicted octanol–water partition coefficient (Wildman–Crippen LogP) is 3.37. The number of hydrogen-bond acceptors (Lipinski definition) is 3. The first-order valence-corrected chi connectivity index (χ1v) is 7.32. The normalized spacial score (nSPS) is 13.7. The second-order valence-corrected chi connectivity index (χ2v) is 5.37. The fourth-order valence-electron chi connectivity index (χ4n) is 2.60. The Morgan fingerprint density at radius 1 is 1.29 bits per heavy atom. The molecule has 0 aliphatic carbocycles. The minimum absolute atomic E-state index is 0.149. The summed E-state index contributed by atoms with van der Waals surface area (Å²) < 4.78 is 0. The maximum Gasteiger partial charge on any atom is 0.278 e. The molecule has 0 fully saturated rings. The zero-order valence-corrected chi connectivity index (χ0v) is 12.5. The van der Waals surface area contributed by atoms with Crippen molar-refractivity contribution in [2.24, 2.45) is 0 Å². The van der Waals surface area contributed by atoms with E-state index in [0.29, 0.717) is 23.1 Å². The van der Waals surface area contributed by atoms with Crippen LogP contribution < -0.4 is 10.2 Å². The summed E-state index contributed by atoms with van der Waals surface area (Å²) in [5, 5.41) is 3.31. The number of nitrogens with one attached hydrogen (secondary N) is 1. The van der Waals surface area contributed by atoms with E-state index in [0.717, 1.165) is 18.5 Å². The monoisotopic (exact) mass is 301 g/mol. The van der Waals surface area contributed by atoms with Crippen molar-refractivity contribution >= 4 is 29.0 Å². The molecule has 2 aromatic rings. The van der Waals surface area contributed by atoms with E-state index in [9.17, 15) is 4.79 Å². The molecule has 0 radical (unpaired) electrons. The van der Waals surface area contributed by atoms with Gasteiger partial charge in [0.1, 0.15) is 11.5 Å². The number of rotatable bonds is 2. The molecule has 1 N–H and O–H groups in total. The summed E-state index contributed by atoms with van der Waals surface area (Å²) in [5.74, 6) is 0.484. The van der Waals surface area contributed by atoms with Crippen LogP contribution in [0.25, 0.3) is 0 Å². The topological polar surface area (TPSA) is 45.2 Å². The van der Waals surface area contributed by atoms with Crippen LogP contribution >= 0.6 is 11.6 Å². The van der Waals surface area contributed by atoms with Gasteiger partial charge in [-0.15, -0.1) is 0 Å². The van der Waals surface area contributed by atoms with Gasteiger partial charge in [0.15, 0.2) is 0 Å². The van der Waals surface area contributed by atoms with Crippen molar-refractivity contribution in [1.82, 2.24) is 4.98 Å². The highest BCUT2D eigenvalue weighted by molar-refractivity contribution is 6.34. The van der Waals surface area contributed by atoms with Crippen LogP contribution in [-0.4, -0.2) is 24.5 Å². The average Bonchev–Trinajstić information content (AvgIpc) is 2.54. The predicted molar refractivity (Wildman–Crippen MR) is 85.2 cm³/mol. The second-order valence-electron chi connectivity index (χ2n) is 4.97. The summed E-state index contributed by atoms with van der Waals surface area (Å²) in [5.41, 5.74) is 2.44. The molecule has 0 atom stereocenters. The minimum atomic E-state index is -0.149. The van der Waals surface area contributed by atoms with Crippen molar-refractivity contribution < 1.29 is 4.79 Å². The molecule has 108 valence electrons. The van der Waals surface area contributed by atoms with E-state index in [4.69, 9.17) is 11.6 Å². The molecule has 4 nitrogen and oxygen atoms in total. The van der Waals surface area contributed by atoms with E-state index in [-0.39, 0.29) is 5.91 Å². The second kappa shape index (κ2) is 5.74. The number of hydrogen-bond donors (Lipinski definition) is 1. The minimum Gasteiger partial charge on any atom is -0.373 e. The Labute approximate surface area is 128 Å². The SMILES string of the molecule is CNc1ccc(Cl)c(C(=O)N2CCCc3ccccc32)n1. The number of benzene rings is 1. The Morgan fingerprint density at radius 2 is 2.10 bits per heavy atom. The molecular formula is C16H16ClN3O. The fraction of sp³-hybridized carbons (Fsp3) is 0.250. The lowest BCUT2D eigenvalue weighted by molar-refractivity contribution is 0.0980. The van der Waals surface area contributed by atoms with Crippen molar-refractivity contribution in [1.29, 1.82) is 0 Å². The summed E-state index contributed by atoms with van der Waals surface area (Å²) in [6.07, 6.45) is 1.95. The molecular weight excluding hydrogens is 286 g/mol. The first-order chi connectivity index (χ1) is 10.2. The quantitative estimate of drug-likeness (QED) is 0.925. The molecule has 0 bridgehead atoms. The largest absolute Gasteiger partial charge is 0.373 e. The van der Waals surface area contributed by atoms with Crippen molar-refractivity contribution in [3.05, 3.63) is 52.7 Å². The van der Waals surface area contributed by atoms with Crippen LogP contribution in [0.15, 0.2) is 36.4 Å². The molecule has 1 aromatic carbocycles. The van der Waals surface area contributed by atoms with Crippen LogP contribution in [0.2, 0.25) is 5.02 Å². The van der Waals surface area contributed by atoms with E-state index in [1.807, 2.05) is 18.2 Å². The van der Waals surface area contributed by atoms with Crippen LogP contribution in [0.5, 0.6) is 0 Å². The van der Waals surface area contributed by atoms with E-state index in [1.165, 1.54) is 5.56 Å². The number of amides is 1. The number of halogens is 1. The highest BCUT2D eigenvalue weighted by atomic mass is 35.5. The van der Waals surface area contributed by atoms with Gasteiger partial charge < -0.3 is 10.2 Å². The molecule has 1 aliphatic heterocycles. The third kappa shape index (κ3) is 2.59. The van der Waals surface area contributed by atoms with E-state index < -0.39 is 0 Å². The molecule has 2 heterocycles. The van der Waals surface area contributed by atoms with Gasteiger partial charge in [-0.2, -0.15) is 0 Å². The Hall–Kier alpha value is -2.07. The molecule has 5 heteroatoms. The number of para-hydroxylation sites is 1. The number of aromatic nitrogens is 1. The summed E-state index contributed by atoms with van der Waals surface area (Å²) in [6, 6.07) is 11.4. The third-order valence-electron chi connectivity index (χ3n) is 3.66. The molecule has 3 rings (SSSR count). The molecule has 21 heavy (non-hydrogen) atoms. The van der Waals surface area contributed by atoms with E-state index >= 15 is 0 Å². The van der Waals surface area contributed by atoms with Crippen molar-refractivity contribution in [3.8, 4) is 0 Å². The molecule has 1 aromatic heterocycles. The average molecular weight is 302 g/mol. The maximum atomic E-state index is 12.8. The lowest BCUT2D eigenvalue weighted by Gasteiger charge is -2.29. The van der Waals surface area contributed by atoms with Crippen LogP contribution in [0, 0.1) is 0 Å². The zero-order chi connectivity index (χ0) is 14.8. The van der Waals surface area contributed by atoms with Crippen LogP contribution in [0.3, 0.4) is 0 Å². The number of fused-ring (bicyclic) bond motifs is 1. The summed E-state index contributed by atoms with van der Waals surface area (Å²) >= 11 is 6.16. The molecule has 1 amide bonds. The lowest BCUT2D eigenvalue weighted by atomic mass is 10.0. The molecule has 0 saturated carbocycles. The van der Waals surface area contributed by atoms with Gasteiger partial charge in [0.2, 0.25) is 0 Å². The Kier molecular flexibility index (Phi) is 3.80. The molecule has 0 saturated heterocycles. The highest BCUT2D eigenvalue weighted by Crippen LogP contribution is 2.29. The van der Waals surface area contributed by atoms with Crippen LogP contribution in [0.1, 0.15) is 22.5 Å². The highest BCUT2D eigenvalue weighted by Gasteiger charge is 2.25. The maximum absolute atomic E-state index is 12.8. The standard InChI is InChI=1S/C16H16ClN3O/c1-18-14-9-8-12(17)15(19-14)16(21)20-10-4-6-11-5-2-3-7-13(11)20/h2-3,5,7-9H,4,6,10H2,1H3,(H,18,19). The Balaban J connectivity index is 2.00. The van der Waals surface area contributed by atoms with Gasteiger partial charge in [-0.25, -0.2) is 4.98 Å². The van der Waals surface area contributed by atoms with E-state index in [1.54, 1.807) is 24.1 Å². The third-order valence-corrected chi connectivity index (χ3v) is 3.97.